The number of ether oxygens (including phenoxy) is 2. The summed E-state index contributed by atoms with van der Waals surface area (Å²) in [6.45, 7) is 2.77. The fraction of sp³-hybridized carbons (Fsp3) is 0.304. The molecule has 0 aliphatic heterocycles. The average molecular weight is 473 g/mol. The molecule has 10 heteroatoms. The van der Waals surface area contributed by atoms with Crippen molar-refractivity contribution in [3.05, 3.63) is 71.9 Å². The quantitative estimate of drug-likeness (QED) is 0.460. The van der Waals surface area contributed by atoms with Crippen LogP contribution >= 0.6 is 0 Å². The number of amides is 1. The van der Waals surface area contributed by atoms with Gasteiger partial charge >= 0.3 is 0 Å². The second kappa shape index (κ2) is 11.2. The van der Waals surface area contributed by atoms with Crippen molar-refractivity contribution in [1.82, 2.24) is 14.1 Å². The molecule has 0 saturated carbocycles. The van der Waals surface area contributed by atoms with E-state index in [4.69, 9.17) is 9.47 Å². The standard InChI is InChI=1S/C23H28N4O5S/c1-18-17-22(27(25-18)20-7-5-4-6-8-20)24-23(28)19-9-11-21(12-10-19)33(29,30)26(13-15-31-2)14-16-32-3/h4-12,17H,13-16H2,1-3H3,(H,24,28). The third-order valence-electron chi connectivity index (χ3n) is 4.92. The summed E-state index contributed by atoms with van der Waals surface area (Å²) in [6, 6.07) is 17.1. The molecule has 0 aliphatic carbocycles. The van der Waals surface area contributed by atoms with Crippen molar-refractivity contribution in [3.63, 3.8) is 0 Å². The van der Waals surface area contributed by atoms with Crippen LogP contribution in [0.3, 0.4) is 0 Å². The van der Waals surface area contributed by atoms with Gasteiger partial charge in [0.2, 0.25) is 10.0 Å². The molecule has 1 amide bonds. The van der Waals surface area contributed by atoms with Crippen LogP contribution in [0.4, 0.5) is 5.82 Å². The number of hydrogen-bond acceptors (Lipinski definition) is 6. The fourth-order valence-corrected chi connectivity index (χ4v) is 4.62. The van der Waals surface area contributed by atoms with Crippen molar-refractivity contribution in [2.24, 2.45) is 0 Å². The van der Waals surface area contributed by atoms with Gasteiger partial charge in [-0.1, -0.05) is 18.2 Å². The number of aryl methyl sites for hydroxylation is 1. The number of nitrogens with zero attached hydrogens (tertiary/aromatic N) is 3. The summed E-state index contributed by atoms with van der Waals surface area (Å²) in [5, 5.41) is 7.29. The summed E-state index contributed by atoms with van der Waals surface area (Å²) in [5.41, 5.74) is 1.89. The van der Waals surface area contributed by atoms with Crippen LogP contribution < -0.4 is 5.32 Å². The Morgan fingerprint density at radius 3 is 2.18 bits per heavy atom. The molecule has 0 bridgehead atoms. The van der Waals surface area contributed by atoms with E-state index >= 15 is 0 Å². The smallest absolute Gasteiger partial charge is 0.256 e. The van der Waals surface area contributed by atoms with Gasteiger partial charge in [-0.3, -0.25) is 4.79 Å². The lowest BCUT2D eigenvalue weighted by Gasteiger charge is -2.21. The van der Waals surface area contributed by atoms with Crippen LogP contribution in [0.15, 0.2) is 65.6 Å². The summed E-state index contributed by atoms with van der Waals surface area (Å²) < 4.78 is 39.1. The SMILES string of the molecule is COCCN(CCOC)S(=O)(=O)c1ccc(C(=O)Nc2cc(C)nn2-c2ccccc2)cc1. The number of nitrogens with one attached hydrogen (secondary N) is 1. The average Bonchev–Trinajstić information content (AvgIpc) is 3.19. The first-order valence-corrected chi connectivity index (χ1v) is 11.8. The van der Waals surface area contributed by atoms with E-state index in [-0.39, 0.29) is 37.1 Å². The molecular formula is C23H28N4O5S. The van der Waals surface area contributed by atoms with Crippen LogP contribution in [0.1, 0.15) is 16.1 Å². The summed E-state index contributed by atoms with van der Waals surface area (Å²) in [7, 11) is -0.731. The summed E-state index contributed by atoms with van der Waals surface area (Å²) in [5.74, 6) is 0.150. The number of hydrogen-bond donors (Lipinski definition) is 1. The van der Waals surface area contributed by atoms with Crippen molar-refractivity contribution in [2.75, 3.05) is 45.8 Å². The molecule has 33 heavy (non-hydrogen) atoms. The number of carbonyl (C=O) groups excluding carboxylic acids is 1. The van der Waals surface area contributed by atoms with Gasteiger partial charge in [0.15, 0.2) is 0 Å². The van der Waals surface area contributed by atoms with Crippen molar-refractivity contribution in [2.45, 2.75) is 11.8 Å². The van der Waals surface area contributed by atoms with Gasteiger partial charge in [0.05, 0.1) is 29.5 Å². The largest absolute Gasteiger partial charge is 0.383 e. The maximum Gasteiger partial charge on any atom is 0.256 e. The molecule has 0 spiro atoms. The number of carbonyl (C=O) groups is 1. The second-order valence-electron chi connectivity index (χ2n) is 7.29. The molecule has 3 rings (SSSR count). The van der Waals surface area contributed by atoms with Gasteiger partial charge in [-0.2, -0.15) is 9.40 Å². The molecule has 1 aromatic heterocycles. The Kier molecular flexibility index (Phi) is 8.34. The molecule has 0 unspecified atom stereocenters. The van der Waals surface area contributed by atoms with E-state index in [0.717, 1.165) is 11.4 Å². The summed E-state index contributed by atoms with van der Waals surface area (Å²) in [4.78, 5) is 12.9. The molecular weight excluding hydrogens is 444 g/mol. The molecule has 0 aliphatic rings. The normalized spacial score (nSPS) is 11.6. The van der Waals surface area contributed by atoms with E-state index in [0.29, 0.717) is 11.4 Å². The first kappa shape index (κ1) is 24.6. The highest BCUT2D eigenvalue weighted by molar-refractivity contribution is 7.89. The zero-order valence-electron chi connectivity index (χ0n) is 18.9. The molecule has 0 atom stereocenters. The van der Waals surface area contributed by atoms with Crippen molar-refractivity contribution < 1.29 is 22.7 Å². The molecule has 2 aromatic carbocycles. The minimum atomic E-state index is -3.76. The van der Waals surface area contributed by atoms with Crippen molar-refractivity contribution in [3.8, 4) is 5.69 Å². The van der Waals surface area contributed by atoms with Crippen molar-refractivity contribution >= 4 is 21.7 Å². The number of benzene rings is 2. The Morgan fingerprint density at radius 2 is 1.61 bits per heavy atom. The lowest BCUT2D eigenvalue weighted by atomic mass is 10.2. The Labute approximate surface area is 194 Å². The number of aromatic nitrogens is 2. The zero-order valence-corrected chi connectivity index (χ0v) is 19.7. The molecule has 176 valence electrons. The van der Waals surface area contributed by atoms with Gasteiger partial charge in [0, 0.05) is 38.9 Å². The number of para-hydroxylation sites is 1. The monoisotopic (exact) mass is 472 g/mol. The highest BCUT2D eigenvalue weighted by atomic mass is 32.2. The van der Waals surface area contributed by atoms with Crippen LogP contribution in [0.5, 0.6) is 0 Å². The minimum Gasteiger partial charge on any atom is -0.383 e. The van der Waals surface area contributed by atoms with E-state index in [2.05, 4.69) is 10.4 Å². The Morgan fingerprint density at radius 1 is 1.00 bits per heavy atom. The van der Waals surface area contributed by atoms with Gasteiger partial charge in [0.1, 0.15) is 5.82 Å². The fourth-order valence-electron chi connectivity index (χ4n) is 3.21. The van der Waals surface area contributed by atoms with Crippen LogP contribution in [0.2, 0.25) is 0 Å². The van der Waals surface area contributed by atoms with Crippen molar-refractivity contribution in [1.29, 1.82) is 0 Å². The van der Waals surface area contributed by atoms with Crippen LogP contribution in [-0.2, 0) is 19.5 Å². The Balaban J connectivity index is 1.78. The van der Waals surface area contributed by atoms with E-state index < -0.39 is 10.0 Å². The van der Waals surface area contributed by atoms with Gasteiger partial charge in [-0.15, -0.1) is 0 Å². The molecule has 9 nitrogen and oxygen atoms in total. The first-order chi connectivity index (χ1) is 15.9. The topological polar surface area (TPSA) is 103 Å². The Bertz CT molecular complexity index is 1150. The number of rotatable bonds is 11. The number of methoxy groups -OCH3 is 2. The van der Waals surface area contributed by atoms with E-state index in [1.54, 1.807) is 10.7 Å². The first-order valence-electron chi connectivity index (χ1n) is 10.4. The van der Waals surface area contributed by atoms with Gasteiger partial charge in [-0.25, -0.2) is 13.1 Å². The third kappa shape index (κ3) is 6.05. The lowest BCUT2D eigenvalue weighted by Crippen LogP contribution is -2.36. The van der Waals surface area contributed by atoms with E-state index in [9.17, 15) is 13.2 Å². The highest BCUT2D eigenvalue weighted by Gasteiger charge is 2.24. The molecule has 1 heterocycles. The third-order valence-corrected chi connectivity index (χ3v) is 6.83. The molecule has 0 saturated heterocycles. The van der Waals surface area contributed by atoms with E-state index in [1.165, 1.54) is 42.8 Å². The molecule has 0 fully saturated rings. The van der Waals surface area contributed by atoms with Crippen LogP contribution in [-0.4, -0.2) is 68.9 Å². The lowest BCUT2D eigenvalue weighted by molar-refractivity contribution is 0.102. The minimum absolute atomic E-state index is 0.0939. The van der Waals surface area contributed by atoms with Crippen LogP contribution in [0.25, 0.3) is 5.69 Å². The predicted molar refractivity (Wildman–Crippen MR) is 125 cm³/mol. The maximum absolute atomic E-state index is 13.0. The maximum atomic E-state index is 13.0. The summed E-state index contributed by atoms with van der Waals surface area (Å²) in [6.07, 6.45) is 0. The molecule has 3 aromatic rings. The highest BCUT2D eigenvalue weighted by Crippen LogP contribution is 2.20. The van der Waals surface area contributed by atoms with Gasteiger partial charge < -0.3 is 14.8 Å². The van der Waals surface area contributed by atoms with E-state index in [1.807, 2.05) is 37.3 Å². The predicted octanol–water partition coefficient (Wildman–Crippen LogP) is 2.72. The Hall–Kier alpha value is -3.05. The summed E-state index contributed by atoms with van der Waals surface area (Å²) >= 11 is 0. The molecule has 1 N–H and O–H groups in total. The second-order valence-corrected chi connectivity index (χ2v) is 9.22. The molecule has 0 radical (unpaired) electrons. The van der Waals surface area contributed by atoms with Crippen LogP contribution in [0, 0.1) is 6.92 Å². The number of sulfonamides is 1. The zero-order chi connectivity index (χ0) is 23.8. The van der Waals surface area contributed by atoms with Gasteiger partial charge in [0.25, 0.3) is 5.91 Å². The number of anilines is 1. The van der Waals surface area contributed by atoms with Gasteiger partial charge in [-0.05, 0) is 43.3 Å².